The van der Waals surface area contributed by atoms with Crippen molar-refractivity contribution in [2.24, 2.45) is 0 Å². The topological polar surface area (TPSA) is 37.8 Å². The zero-order valence-corrected chi connectivity index (χ0v) is 12.2. The molecule has 2 aromatic rings. The summed E-state index contributed by atoms with van der Waals surface area (Å²) in [6.07, 6.45) is 4.32. The molecule has 6 heteroatoms. The summed E-state index contributed by atoms with van der Waals surface area (Å²) < 4.78 is 0. The zero-order chi connectivity index (χ0) is 13.0. The highest BCUT2D eigenvalue weighted by atomic mass is 35.5. The number of rotatable bonds is 5. The number of nitrogens with one attached hydrogen (secondary N) is 1. The summed E-state index contributed by atoms with van der Waals surface area (Å²) in [4.78, 5) is 9.62. The van der Waals surface area contributed by atoms with Crippen LogP contribution in [0.1, 0.15) is 23.5 Å². The minimum atomic E-state index is 0.0835. The summed E-state index contributed by atoms with van der Waals surface area (Å²) in [7, 11) is 0. The van der Waals surface area contributed by atoms with E-state index in [4.69, 9.17) is 23.2 Å². The molecule has 0 fully saturated rings. The normalized spacial score (nSPS) is 12.6. The molecule has 0 amide bonds. The molecule has 0 radical (unpaired) electrons. The number of likely N-dealkylation sites (N-methyl/N-ethyl adjacent to an activating group) is 1. The number of aromatic nitrogens is 2. The van der Waals surface area contributed by atoms with Gasteiger partial charge in [0.25, 0.3) is 0 Å². The first-order chi connectivity index (χ1) is 8.70. The summed E-state index contributed by atoms with van der Waals surface area (Å²) in [6, 6.07) is 1.81. The number of thiazole rings is 1. The van der Waals surface area contributed by atoms with E-state index in [1.54, 1.807) is 23.6 Å². The standard InChI is InChI=1S/C12H13Cl2N3S/c1-2-16-11(4-9-6-15-7-18-9)12-10(14)3-8(13)5-17-12/h3,5-7,11,16H,2,4H2,1H3. The van der Waals surface area contributed by atoms with Crippen molar-refractivity contribution < 1.29 is 0 Å². The Kier molecular flexibility index (Phi) is 4.95. The molecule has 0 aliphatic carbocycles. The van der Waals surface area contributed by atoms with Crippen LogP contribution in [0.15, 0.2) is 24.0 Å². The molecule has 2 rings (SSSR count). The van der Waals surface area contributed by atoms with Crippen molar-refractivity contribution in [2.75, 3.05) is 6.54 Å². The third-order valence-electron chi connectivity index (χ3n) is 2.51. The van der Waals surface area contributed by atoms with Gasteiger partial charge in [-0.15, -0.1) is 11.3 Å². The molecule has 0 saturated carbocycles. The van der Waals surface area contributed by atoms with Crippen molar-refractivity contribution >= 4 is 34.5 Å². The molecule has 0 aromatic carbocycles. The predicted octanol–water partition coefficient (Wildman–Crippen LogP) is 3.74. The predicted molar refractivity (Wildman–Crippen MR) is 76.5 cm³/mol. The van der Waals surface area contributed by atoms with Gasteiger partial charge in [-0.05, 0) is 12.6 Å². The van der Waals surface area contributed by atoms with E-state index in [1.807, 2.05) is 11.7 Å². The summed E-state index contributed by atoms with van der Waals surface area (Å²) in [6.45, 7) is 2.91. The van der Waals surface area contributed by atoms with Crippen molar-refractivity contribution in [3.63, 3.8) is 0 Å². The summed E-state index contributed by atoms with van der Waals surface area (Å²) >= 11 is 13.7. The van der Waals surface area contributed by atoms with Crippen LogP contribution in [0.3, 0.4) is 0 Å². The van der Waals surface area contributed by atoms with Gasteiger partial charge in [-0.3, -0.25) is 9.97 Å². The number of pyridine rings is 1. The van der Waals surface area contributed by atoms with Gasteiger partial charge in [0, 0.05) is 23.7 Å². The van der Waals surface area contributed by atoms with E-state index in [2.05, 4.69) is 22.2 Å². The minimum absolute atomic E-state index is 0.0835. The molecule has 2 aromatic heterocycles. The fourth-order valence-corrected chi connectivity index (χ4v) is 2.89. The van der Waals surface area contributed by atoms with Gasteiger partial charge in [-0.2, -0.15) is 0 Å². The molecular weight excluding hydrogens is 289 g/mol. The number of hydrogen-bond acceptors (Lipinski definition) is 4. The molecular formula is C12H13Cl2N3S. The molecule has 0 aliphatic heterocycles. The van der Waals surface area contributed by atoms with Crippen LogP contribution < -0.4 is 5.32 Å². The van der Waals surface area contributed by atoms with Crippen molar-refractivity contribution in [1.82, 2.24) is 15.3 Å². The van der Waals surface area contributed by atoms with Gasteiger partial charge >= 0.3 is 0 Å². The third-order valence-corrected chi connectivity index (χ3v) is 3.82. The lowest BCUT2D eigenvalue weighted by molar-refractivity contribution is 0.540. The van der Waals surface area contributed by atoms with Gasteiger partial charge in [0.1, 0.15) is 0 Å². The molecule has 2 heterocycles. The van der Waals surface area contributed by atoms with Gasteiger partial charge in [0.15, 0.2) is 0 Å². The van der Waals surface area contributed by atoms with Crippen LogP contribution in [0.25, 0.3) is 0 Å². The summed E-state index contributed by atoms with van der Waals surface area (Å²) in [5, 5.41) is 4.53. The van der Waals surface area contributed by atoms with Crippen molar-refractivity contribution in [3.05, 3.63) is 44.6 Å². The maximum atomic E-state index is 6.20. The molecule has 18 heavy (non-hydrogen) atoms. The van der Waals surface area contributed by atoms with E-state index in [0.29, 0.717) is 10.0 Å². The molecule has 3 nitrogen and oxygen atoms in total. The Morgan fingerprint density at radius 1 is 1.39 bits per heavy atom. The Labute approximate surface area is 120 Å². The van der Waals surface area contributed by atoms with Gasteiger partial charge in [0.2, 0.25) is 0 Å². The Hall–Kier alpha value is -0.680. The second kappa shape index (κ2) is 6.48. The SMILES string of the molecule is CCNC(Cc1cncs1)c1ncc(Cl)cc1Cl. The lowest BCUT2D eigenvalue weighted by atomic mass is 10.1. The van der Waals surface area contributed by atoms with Crippen molar-refractivity contribution in [2.45, 2.75) is 19.4 Å². The first-order valence-electron chi connectivity index (χ1n) is 5.62. The quantitative estimate of drug-likeness (QED) is 0.914. The molecule has 1 N–H and O–H groups in total. The van der Waals surface area contributed by atoms with Crippen LogP contribution in [0.4, 0.5) is 0 Å². The fourth-order valence-electron chi connectivity index (χ4n) is 1.74. The van der Waals surface area contributed by atoms with Crippen LogP contribution in [0.5, 0.6) is 0 Å². The molecule has 1 unspecified atom stereocenters. The van der Waals surface area contributed by atoms with Crippen LogP contribution in [0, 0.1) is 0 Å². The number of hydrogen-bond donors (Lipinski definition) is 1. The average Bonchev–Trinajstić information content (AvgIpc) is 2.81. The molecule has 1 atom stereocenters. The number of nitrogens with zero attached hydrogens (tertiary/aromatic N) is 2. The maximum absolute atomic E-state index is 6.20. The van der Waals surface area contributed by atoms with Gasteiger partial charge < -0.3 is 5.32 Å². The highest BCUT2D eigenvalue weighted by Gasteiger charge is 2.17. The number of halogens is 2. The van der Waals surface area contributed by atoms with Gasteiger partial charge in [-0.25, -0.2) is 0 Å². The van der Waals surface area contributed by atoms with Crippen LogP contribution >= 0.6 is 34.5 Å². The smallest absolute Gasteiger partial charge is 0.0794 e. The zero-order valence-electron chi connectivity index (χ0n) is 9.86. The van der Waals surface area contributed by atoms with Crippen LogP contribution in [-0.4, -0.2) is 16.5 Å². The third kappa shape index (κ3) is 3.42. The minimum Gasteiger partial charge on any atom is -0.309 e. The van der Waals surface area contributed by atoms with Crippen LogP contribution in [-0.2, 0) is 6.42 Å². The largest absolute Gasteiger partial charge is 0.309 e. The van der Waals surface area contributed by atoms with Gasteiger partial charge in [0.05, 0.1) is 27.3 Å². The monoisotopic (exact) mass is 301 g/mol. The molecule has 0 spiro atoms. The van der Waals surface area contributed by atoms with E-state index in [-0.39, 0.29) is 6.04 Å². The fraction of sp³-hybridized carbons (Fsp3) is 0.333. The van der Waals surface area contributed by atoms with Gasteiger partial charge in [-0.1, -0.05) is 30.1 Å². The lowest BCUT2D eigenvalue weighted by Gasteiger charge is -2.17. The van der Waals surface area contributed by atoms with E-state index in [9.17, 15) is 0 Å². The van der Waals surface area contributed by atoms with Crippen molar-refractivity contribution in [3.8, 4) is 0 Å². The first kappa shape index (κ1) is 13.7. The second-order valence-corrected chi connectivity index (χ2v) is 5.62. The second-order valence-electron chi connectivity index (χ2n) is 3.80. The highest BCUT2D eigenvalue weighted by molar-refractivity contribution is 7.09. The lowest BCUT2D eigenvalue weighted by Crippen LogP contribution is -2.24. The molecule has 96 valence electrons. The Balaban J connectivity index is 2.23. The Morgan fingerprint density at radius 3 is 2.83 bits per heavy atom. The van der Waals surface area contributed by atoms with Crippen LogP contribution in [0.2, 0.25) is 10.0 Å². The van der Waals surface area contributed by atoms with E-state index >= 15 is 0 Å². The molecule has 0 aliphatic rings. The summed E-state index contributed by atoms with van der Waals surface area (Å²) in [5.74, 6) is 0. The first-order valence-corrected chi connectivity index (χ1v) is 7.26. The molecule has 0 bridgehead atoms. The Bertz CT molecular complexity index is 502. The van der Waals surface area contributed by atoms with E-state index < -0.39 is 0 Å². The van der Waals surface area contributed by atoms with E-state index in [1.165, 1.54) is 4.88 Å². The van der Waals surface area contributed by atoms with Crippen molar-refractivity contribution in [1.29, 1.82) is 0 Å². The molecule has 0 saturated heterocycles. The van der Waals surface area contributed by atoms with E-state index in [0.717, 1.165) is 18.7 Å². The maximum Gasteiger partial charge on any atom is 0.0794 e. The Morgan fingerprint density at radius 2 is 2.22 bits per heavy atom. The average molecular weight is 302 g/mol. The highest BCUT2D eigenvalue weighted by Crippen LogP contribution is 2.27. The summed E-state index contributed by atoms with van der Waals surface area (Å²) in [5.41, 5.74) is 2.66.